The predicted octanol–water partition coefficient (Wildman–Crippen LogP) is 6.17. The molecule has 146 valence electrons. The number of hydrogen-bond donors (Lipinski definition) is 1. The van der Waals surface area contributed by atoms with E-state index in [4.69, 9.17) is 5.73 Å². The molecule has 0 fully saturated rings. The van der Waals surface area contributed by atoms with E-state index in [1.165, 1.54) is 82.6 Å². The molecule has 0 spiro atoms. The summed E-state index contributed by atoms with van der Waals surface area (Å²) in [6, 6.07) is 11.4. The van der Waals surface area contributed by atoms with Crippen LogP contribution in [0.25, 0.3) is 0 Å². The van der Waals surface area contributed by atoms with E-state index in [-0.39, 0.29) is 16.9 Å². The molecule has 1 rings (SSSR count). The van der Waals surface area contributed by atoms with Crippen molar-refractivity contribution in [1.82, 2.24) is 0 Å². The summed E-state index contributed by atoms with van der Waals surface area (Å²) in [5, 5.41) is 0. The molecule has 0 aliphatic rings. The van der Waals surface area contributed by atoms with Crippen molar-refractivity contribution in [3.8, 4) is 0 Å². The summed E-state index contributed by atoms with van der Waals surface area (Å²) in [6.07, 6.45) is 15.6. The molecule has 0 saturated carbocycles. The maximum Gasteiger partial charge on any atom is 0.0136 e. The Bertz CT molecular complexity index is 398. The standard InChI is InChI=1S/C23H41N.H2O/c1-4-7-8-9-10-11-15-18-22(24)23(19-5-2,20-6-3)21-16-13-12-14-17-21;/h12-14,16-17,22H,4-11,15,18-20,24H2,1-3H3;1H2. The van der Waals surface area contributed by atoms with Crippen LogP contribution in [0, 0.1) is 0 Å². The number of rotatable bonds is 14. The van der Waals surface area contributed by atoms with Crippen molar-refractivity contribution in [2.45, 2.75) is 109 Å². The Hall–Kier alpha value is -0.860. The second kappa shape index (κ2) is 14.3. The molecule has 0 aromatic heterocycles. The lowest BCUT2D eigenvalue weighted by molar-refractivity contribution is 0.272. The van der Waals surface area contributed by atoms with E-state index in [1.54, 1.807) is 0 Å². The fourth-order valence-corrected chi connectivity index (χ4v) is 4.26. The van der Waals surface area contributed by atoms with Gasteiger partial charge in [0.15, 0.2) is 0 Å². The van der Waals surface area contributed by atoms with E-state index in [2.05, 4.69) is 51.1 Å². The van der Waals surface area contributed by atoms with Crippen LogP contribution in [0.15, 0.2) is 30.3 Å². The molecule has 1 aromatic rings. The highest BCUT2D eigenvalue weighted by Gasteiger charge is 2.36. The lowest BCUT2D eigenvalue weighted by atomic mass is 9.67. The Balaban J connectivity index is 0.00000576. The highest BCUT2D eigenvalue weighted by molar-refractivity contribution is 5.27. The molecular formula is C23H43NO. The topological polar surface area (TPSA) is 57.5 Å². The van der Waals surface area contributed by atoms with Crippen molar-refractivity contribution in [1.29, 1.82) is 0 Å². The molecule has 0 amide bonds. The minimum absolute atomic E-state index is 0. The fourth-order valence-electron chi connectivity index (χ4n) is 4.26. The molecular weight excluding hydrogens is 306 g/mol. The minimum Gasteiger partial charge on any atom is -0.412 e. The molecule has 0 aliphatic heterocycles. The Labute approximate surface area is 156 Å². The van der Waals surface area contributed by atoms with Gasteiger partial charge >= 0.3 is 0 Å². The summed E-state index contributed by atoms with van der Waals surface area (Å²) in [7, 11) is 0. The molecule has 1 aromatic carbocycles. The van der Waals surface area contributed by atoms with Crippen LogP contribution in [0.5, 0.6) is 0 Å². The molecule has 1 unspecified atom stereocenters. The first-order valence-electron chi connectivity index (χ1n) is 10.5. The van der Waals surface area contributed by atoms with Crippen molar-refractivity contribution < 1.29 is 5.48 Å². The number of nitrogens with two attached hydrogens (primary N) is 1. The van der Waals surface area contributed by atoms with Gasteiger partial charge in [0.1, 0.15) is 0 Å². The molecule has 25 heavy (non-hydrogen) atoms. The van der Waals surface area contributed by atoms with Gasteiger partial charge in [0.05, 0.1) is 0 Å². The molecule has 0 heterocycles. The van der Waals surface area contributed by atoms with Crippen LogP contribution in [0.3, 0.4) is 0 Å². The van der Waals surface area contributed by atoms with Crippen LogP contribution in [0.1, 0.15) is 103 Å². The lowest BCUT2D eigenvalue weighted by Crippen LogP contribution is -2.45. The van der Waals surface area contributed by atoms with Crippen LogP contribution in [0.2, 0.25) is 0 Å². The van der Waals surface area contributed by atoms with Gasteiger partial charge in [-0.15, -0.1) is 0 Å². The summed E-state index contributed by atoms with van der Waals surface area (Å²) in [4.78, 5) is 0. The van der Waals surface area contributed by atoms with Crippen LogP contribution in [0.4, 0.5) is 0 Å². The third-order valence-electron chi connectivity index (χ3n) is 5.57. The van der Waals surface area contributed by atoms with Gasteiger partial charge in [-0.2, -0.15) is 0 Å². The Morgan fingerprint density at radius 3 is 1.80 bits per heavy atom. The van der Waals surface area contributed by atoms with E-state index in [9.17, 15) is 0 Å². The summed E-state index contributed by atoms with van der Waals surface area (Å²) >= 11 is 0. The van der Waals surface area contributed by atoms with Gasteiger partial charge in [-0.3, -0.25) is 0 Å². The third-order valence-corrected chi connectivity index (χ3v) is 5.57. The van der Waals surface area contributed by atoms with Gasteiger partial charge in [-0.05, 0) is 24.8 Å². The van der Waals surface area contributed by atoms with Gasteiger partial charge in [0.25, 0.3) is 0 Å². The van der Waals surface area contributed by atoms with Crippen molar-refractivity contribution in [2.75, 3.05) is 0 Å². The van der Waals surface area contributed by atoms with Crippen molar-refractivity contribution in [3.63, 3.8) is 0 Å². The number of hydrogen-bond acceptors (Lipinski definition) is 1. The zero-order chi connectivity index (χ0) is 17.7. The van der Waals surface area contributed by atoms with Crippen molar-refractivity contribution in [2.24, 2.45) is 5.73 Å². The monoisotopic (exact) mass is 349 g/mol. The number of benzene rings is 1. The van der Waals surface area contributed by atoms with Gasteiger partial charge in [0, 0.05) is 11.5 Å². The highest BCUT2D eigenvalue weighted by Crippen LogP contribution is 2.38. The normalized spacial score (nSPS) is 12.6. The molecule has 2 heteroatoms. The molecule has 0 bridgehead atoms. The van der Waals surface area contributed by atoms with Gasteiger partial charge < -0.3 is 11.2 Å². The van der Waals surface area contributed by atoms with E-state index < -0.39 is 0 Å². The molecule has 0 saturated heterocycles. The van der Waals surface area contributed by atoms with Gasteiger partial charge in [-0.25, -0.2) is 0 Å². The smallest absolute Gasteiger partial charge is 0.0136 e. The van der Waals surface area contributed by atoms with E-state index in [0.29, 0.717) is 0 Å². The largest absolute Gasteiger partial charge is 0.412 e. The van der Waals surface area contributed by atoms with Crippen LogP contribution in [-0.4, -0.2) is 11.5 Å². The van der Waals surface area contributed by atoms with Crippen LogP contribution in [-0.2, 0) is 5.41 Å². The summed E-state index contributed by atoms with van der Waals surface area (Å²) < 4.78 is 0. The van der Waals surface area contributed by atoms with Crippen molar-refractivity contribution >= 4 is 0 Å². The third kappa shape index (κ3) is 7.92. The van der Waals surface area contributed by atoms with Gasteiger partial charge in [-0.1, -0.05) is 109 Å². The predicted molar refractivity (Wildman–Crippen MR) is 112 cm³/mol. The zero-order valence-electron chi connectivity index (χ0n) is 17.0. The quantitative estimate of drug-likeness (QED) is 0.401. The van der Waals surface area contributed by atoms with Gasteiger partial charge in [0.2, 0.25) is 0 Å². The maximum absolute atomic E-state index is 6.82. The van der Waals surface area contributed by atoms with E-state index in [0.717, 1.165) is 0 Å². The number of unbranched alkanes of at least 4 members (excludes halogenated alkanes) is 6. The average molecular weight is 350 g/mol. The first-order valence-corrected chi connectivity index (χ1v) is 10.5. The van der Waals surface area contributed by atoms with E-state index >= 15 is 0 Å². The molecule has 2 nitrogen and oxygen atoms in total. The Morgan fingerprint density at radius 1 is 0.760 bits per heavy atom. The second-order valence-corrected chi connectivity index (χ2v) is 7.54. The summed E-state index contributed by atoms with van der Waals surface area (Å²) in [5.41, 5.74) is 8.46. The zero-order valence-corrected chi connectivity index (χ0v) is 17.0. The van der Waals surface area contributed by atoms with Crippen LogP contribution >= 0.6 is 0 Å². The summed E-state index contributed by atoms with van der Waals surface area (Å²) in [6.45, 7) is 6.88. The van der Waals surface area contributed by atoms with Crippen LogP contribution < -0.4 is 5.73 Å². The second-order valence-electron chi connectivity index (χ2n) is 7.54. The molecule has 4 N–H and O–H groups in total. The fraction of sp³-hybridized carbons (Fsp3) is 0.739. The maximum atomic E-state index is 6.82. The van der Waals surface area contributed by atoms with E-state index in [1.807, 2.05) is 0 Å². The SMILES string of the molecule is CCCCCCCCCC(N)C(CCC)(CCC)c1ccccc1.O. The summed E-state index contributed by atoms with van der Waals surface area (Å²) in [5.74, 6) is 0. The minimum atomic E-state index is 0. The Morgan fingerprint density at radius 2 is 1.28 bits per heavy atom. The Kier molecular flexibility index (Phi) is 13.8. The average Bonchev–Trinajstić information content (AvgIpc) is 2.61. The first-order chi connectivity index (χ1) is 11.7. The molecule has 0 radical (unpaired) electrons. The highest BCUT2D eigenvalue weighted by atomic mass is 16.0. The first kappa shape index (κ1) is 24.1. The molecule has 1 atom stereocenters. The lowest BCUT2D eigenvalue weighted by Gasteiger charge is -2.40. The molecule has 0 aliphatic carbocycles. The van der Waals surface area contributed by atoms with Crippen molar-refractivity contribution in [3.05, 3.63) is 35.9 Å².